The Morgan fingerprint density at radius 2 is 1.89 bits per heavy atom. The molecule has 1 aliphatic heterocycles. The summed E-state index contributed by atoms with van der Waals surface area (Å²) in [5.41, 5.74) is 11.2. The Morgan fingerprint density at radius 1 is 1.11 bits per heavy atom. The van der Waals surface area contributed by atoms with E-state index in [0.29, 0.717) is 44.5 Å². The molecule has 7 heteroatoms. The average Bonchev–Trinajstić information content (AvgIpc) is 3.15. The molecule has 0 atom stereocenters. The molecule has 3 N–H and O–H groups in total. The summed E-state index contributed by atoms with van der Waals surface area (Å²) >= 11 is 0. The second kappa shape index (κ2) is 9.56. The van der Waals surface area contributed by atoms with Gasteiger partial charge in [-0.2, -0.15) is 0 Å². The van der Waals surface area contributed by atoms with Gasteiger partial charge in [0.1, 0.15) is 5.82 Å². The zero-order chi connectivity index (χ0) is 18.6. The quantitative estimate of drug-likeness (QED) is 0.385. The van der Waals surface area contributed by atoms with Crippen LogP contribution in [0.5, 0.6) is 0 Å². The molecule has 0 bridgehead atoms. The average molecular weight is 496 g/mol. The van der Waals surface area contributed by atoms with Crippen molar-refractivity contribution in [3.05, 3.63) is 58.9 Å². The van der Waals surface area contributed by atoms with Crippen LogP contribution >= 0.6 is 24.0 Å². The third-order valence-corrected chi connectivity index (χ3v) is 5.17. The maximum atomic E-state index is 14.5. The number of aliphatic imine (C=N–C) groups is 1. The van der Waals surface area contributed by atoms with Crippen LogP contribution in [0, 0.1) is 5.82 Å². The number of ether oxygens (including phenoxy) is 1. The molecule has 1 heterocycles. The number of hydrogen-bond acceptors (Lipinski definition) is 3. The van der Waals surface area contributed by atoms with Crippen LogP contribution in [0.1, 0.15) is 23.1 Å². The number of benzene rings is 2. The van der Waals surface area contributed by atoms with E-state index in [0.717, 1.165) is 24.1 Å². The first kappa shape index (κ1) is 20.9. The number of halogens is 2. The molecule has 2 aromatic carbocycles. The van der Waals surface area contributed by atoms with Gasteiger partial charge < -0.3 is 20.7 Å². The molecule has 0 unspecified atom stereocenters. The molecule has 28 heavy (non-hydrogen) atoms. The number of rotatable bonds is 4. The van der Waals surface area contributed by atoms with Gasteiger partial charge in [0.25, 0.3) is 0 Å². The molecule has 1 aliphatic carbocycles. The van der Waals surface area contributed by atoms with Crippen molar-refractivity contribution in [2.45, 2.75) is 25.8 Å². The Morgan fingerprint density at radius 3 is 2.68 bits per heavy atom. The molecule has 4 rings (SSSR count). The molecule has 1 fully saturated rings. The van der Waals surface area contributed by atoms with Crippen LogP contribution in [-0.2, 0) is 24.1 Å². The van der Waals surface area contributed by atoms with Crippen LogP contribution < -0.4 is 16.0 Å². The van der Waals surface area contributed by atoms with Crippen molar-refractivity contribution in [2.75, 3.05) is 36.5 Å². The fourth-order valence-corrected chi connectivity index (χ4v) is 3.72. The Balaban J connectivity index is 0.00000225. The highest BCUT2D eigenvalue weighted by molar-refractivity contribution is 14.0. The molecule has 1 saturated heterocycles. The summed E-state index contributed by atoms with van der Waals surface area (Å²) in [6.45, 7) is 3.04. The highest BCUT2D eigenvalue weighted by atomic mass is 127. The third kappa shape index (κ3) is 4.94. The van der Waals surface area contributed by atoms with Gasteiger partial charge in [0.05, 0.1) is 25.4 Å². The van der Waals surface area contributed by atoms with E-state index in [1.807, 2.05) is 23.1 Å². The summed E-state index contributed by atoms with van der Waals surface area (Å²) in [6.07, 6.45) is 3.50. The second-order valence-corrected chi connectivity index (χ2v) is 7.05. The van der Waals surface area contributed by atoms with Crippen LogP contribution in [0.3, 0.4) is 0 Å². The van der Waals surface area contributed by atoms with Crippen LogP contribution in [0.15, 0.2) is 41.4 Å². The van der Waals surface area contributed by atoms with Crippen molar-refractivity contribution in [1.29, 1.82) is 0 Å². The van der Waals surface area contributed by atoms with Crippen molar-refractivity contribution in [2.24, 2.45) is 10.7 Å². The molecule has 0 aromatic heterocycles. The largest absolute Gasteiger partial charge is 0.378 e. The number of fused-ring (bicyclic) bond motifs is 1. The SMILES string of the molecule is I.NC(=NCc1ccc(N2CCOCC2)c(F)c1)Nc1ccc2c(c1)CCC2. The van der Waals surface area contributed by atoms with E-state index in [2.05, 4.69) is 22.4 Å². The summed E-state index contributed by atoms with van der Waals surface area (Å²) in [6, 6.07) is 11.6. The van der Waals surface area contributed by atoms with Crippen LogP contribution in [0.2, 0.25) is 0 Å². The van der Waals surface area contributed by atoms with Gasteiger partial charge >= 0.3 is 0 Å². The summed E-state index contributed by atoms with van der Waals surface area (Å²) in [7, 11) is 0. The highest BCUT2D eigenvalue weighted by Crippen LogP contribution is 2.25. The van der Waals surface area contributed by atoms with Crippen molar-refractivity contribution in [1.82, 2.24) is 0 Å². The first-order chi connectivity index (χ1) is 13.2. The zero-order valence-corrected chi connectivity index (χ0v) is 18.1. The number of anilines is 2. The summed E-state index contributed by atoms with van der Waals surface area (Å²) in [4.78, 5) is 6.36. The number of morpholine rings is 1. The molecule has 0 radical (unpaired) electrons. The number of aryl methyl sites for hydroxylation is 2. The lowest BCUT2D eigenvalue weighted by Gasteiger charge is -2.29. The summed E-state index contributed by atoms with van der Waals surface area (Å²) in [5.74, 6) is 0.111. The van der Waals surface area contributed by atoms with Crippen LogP contribution in [0.25, 0.3) is 0 Å². The van der Waals surface area contributed by atoms with Crippen LogP contribution in [0.4, 0.5) is 15.8 Å². The second-order valence-electron chi connectivity index (χ2n) is 7.05. The van der Waals surface area contributed by atoms with Crippen molar-refractivity contribution in [3.8, 4) is 0 Å². The molecule has 0 spiro atoms. The number of guanidine groups is 1. The monoisotopic (exact) mass is 496 g/mol. The lowest BCUT2D eigenvalue weighted by atomic mass is 10.1. The molecule has 2 aliphatic rings. The predicted octanol–water partition coefficient (Wildman–Crippen LogP) is 3.70. The molecule has 150 valence electrons. The Bertz CT molecular complexity index is 852. The molecular weight excluding hydrogens is 470 g/mol. The lowest BCUT2D eigenvalue weighted by molar-refractivity contribution is 0.122. The maximum absolute atomic E-state index is 14.5. The van der Waals surface area contributed by atoms with E-state index in [1.54, 1.807) is 0 Å². The third-order valence-electron chi connectivity index (χ3n) is 5.17. The number of hydrogen-bond donors (Lipinski definition) is 2. The van der Waals surface area contributed by atoms with Gasteiger partial charge in [0, 0.05) is 18.8 Å². The topological polar surface area (TPSA) is 62.9 Å². The molecule has 0 amide bonds. The van der Waals surface area contributed by atoms with Crippen molar-refractivity contribution >= 4 is 41.3 Å². The minimum atomic E-state index is -0.227. The fraction of sp³-hybridized carbons (Fsp3) is 0.381. The first-order valence-electron chi connectivity index (χ1n) is 9.49. The number of nitrogens with two attached hydrogens (primary N) is 1. The first-order valence-corrected chi connectivity index (χ1v) is 9.49. The van der Waals surface area contributed by atoms with E-state index >= 15 is 0 Å². The van der Waals surface area contributed by atoms with E-state index in [1.165, 1.54) is 23.6 Å². The zero-order valence-electron chi connectivity index (χ0n) is 15.8. The van der Waals surface area contributed by atoms with E-state index in [4.69, 9.17) is 10.5 Å². The molecule has 0 saturated carbocycles. The van der Waals surface area contributed by atoms with Gasteiger partial charge in [0.15, 0.2) is 5.96 Å². The van der Waals surface area contributed by atoms with E-state index in [9.17, 15) is 4.39 Å². The predicted molar refractivity (Wildman–Crippen MR) is 122 cm³/mol. The number of nitrogens with zero attached hydrogens (tertiary/aromatic N) is 2. The lowest BCUT2D eigenvalue weighted by Crippen LogP contribution is -2.36. The molecule has 2 aromatic rings. The van der Waals surface area contributed by atoms with Gasteiger partial charge in [-0.1, -0.05) is 12.1 Å². The summed E-state index contributed by atoms with van der Waals surface area (Å²) < 4.78 is 19.8. The summed E-state index contributed by atoms with van der Waals surface area (Å²) in [5, 5.41) is 3.13. The standard InChI is InChI=1S/C21H25FN4O.HI/c22-19-12-15(4-7-20(19)26-8-10-27-11-9-26)14-24-21(23)25-18-6-5-16-2-1-3-17(16)13-18;/h4-7,12-13H,1-3,8-11,14H2,(H3,23,24,25);1H. The van der Waals surface area contributed by atoms with Gasteiger partial charge in [-0.15, -0.1) is 24.0 Å². The van der Waals surface area contributed by atoms with Gasteiger partial charge in [0.2, 0.25) is 0 Å². The maximum Gasteiger partial charge on any atom is 0.193 e. The van der Waals surface area contributed by atoms with E-state index < -0.39 is 0 Å². The molecule has 5 nitrogen and oxygen atoms in total. The minimum Gasteiger partial charge on any atom is -0.378 e. The van der Waals surface area contributed by atoms with Gasteiger partial charge in [-0.3, -0.25) is 0 Å². The van der Waals surface area contributed by atoms with Gasteiger partial charge in [-0.05, 0) is 60.2 Å². The smallest absolute Gasteiger partial charge is 0.193 e. The van der Waals surface area contributed by atoms with Crippen molar-refractivity contribution in [3.63, 3.8) is 0 Å². The Hall–Kier alpha value is -1.87. The van der Waals surface area contributed by atoms with E-state index in [-0.39, 0.29) is 29.8 Å². The fourth-order valence-electron chi connectivity index (χ4n) is 3.72. The highest BCUT2D eigenvalue weighted by Gasteiger charge is 2.15. The van der Waals surface area contributed by atoms with Crippen LogP contribution in [-0.4, -0.2) is 32.3 Å². The van der Waals surface area contributed by atoms with Crippen molar-refractivity contribution < 1.29 is 9.13 Å². The number of nitrogens with one attached hydrogen (secondary N) is 1. The van der Waals surface area contributed by atoms with Gasteiger partial charge in [-0.25, -0.2) is 9.38 Å². The minimum absolute atomic E-state index is 0. The normalized spacial score (nSPS) is 16.5. The Labute approximate surface area is 182 Å². The Kier molecular flexibility index (Phi) is 7.12. The molecular formula is C21H26FIN4O.